The van der Waals surface area contributed by atoms with Crippen molar-refractivity contribution in [1.82, 2.24) is 0 Å². The molecule has 0 atom stereocenters. The summed E-state index contributed by atoms with van der Waals surface area (Å²) in [7, 11) is 0. The van der Waals surface area contributed by atoms with Crippen LogP contribution in [0, 0.1) is 0 Å². The number of nitrogens with zero attached hydrogens (tertiary/aromatic N) is 1. The largest absolute Gasteiger partial charge is 0.411 e. The van der Waals surface area contributed by atoms with Crippen molar-refractivity contribution < 1.29 is 6.58 Å². The van der Waals surface area contributed by atoms with Gasteiger partial charge in [0, 0.05) is 0 Å². The second-order valence-corrected chi connectivity index (χ2v) is 1.58. The summed E-state index contributed by atoms with van der Waals surface area (Å²) in [6.45, 7) is 0. The molecule has 46 valence electrons. The van der Waals surface area contributed by atoms with E-state index >= 15 is 0 Å². The molecule has 9 heavy (non-hydrogen) atoms. The Morgan fingerprint density at radius 3 is 2.67 bits per heavy atom. The van der Waals surface area contributed by atoms with Crippen LogP contribution in [0.25, 0.3) is 0 Å². The Kier molecular flexibility index (Phi) is 1.45. The molecular formula is C7H7NO. The van der Waals surface area contributed by atoms with E-state index in [4.69, 9.17) is 6.58 Å². The monoisotopic (exact) mass is 122 g/mol. The number of benzene rings is 1. The SMILES string of the molecule is [2H]/C(=N\O)c1ccccc1. The Morgan fingerprint density at radius 2 is 2.11 bits per heavy atom. The molecule has 1 aromatic carbocycles. The molecule has 0 amide bonds. The molecule has 0 radical (unpaired) electrons. The first-order valence-corrected chi connectivity index (χ1v) is 2.58. The van der Waals surface area contributed by atoms with Gasteiger partial charge >= 0.3 is 0 Å². The van der Waals surface area contributed by atoms with E-state index in [1.165, 1.54) is 0 Å². The van der Waals surface area contributed by atoms with E-state index in [1.54, 1.807) is 24.3 Å². The van der Waals surface area contributed by atoms with Gasteiger partial charge in [0.05, 0.1) is 7.56 Å². The standard InChI is InChI=1S/C7H7NO/c9-8-6-7-4-2-1-3-5-7/h1-6,9H/b8-6+/i6D. The highest BCUT2D eigenvalue weighted by molar-refractivity contribution is 5.78. The van der Waals surface area contributed by atoms with Crippen LogP contribution in [0.15, 0.2) is 35.5 Å². The summed E-state index contributed by atoms with van der Waals surface area (Å²) in [5, 5.41) is 10.9. The second kappa shape index (κ2) is 2.87. The van der Waals surface area contributed by atoms with Gasteiger partial charge in [-0.3, -0.25) is 0 Å². The fourth-order valence-corrected chi connectivity index (χ4v) is 0.570. The Hall–Kier alpha value is -1.31. The molecule has 2 nitrogen and oxygen atoms in total. The zero-order chi connectivity index (χ0) is 7.40. The van der Waals surface area contributed by atoms with Gasteiger partial charge in [-0.1, -0.05) is 35.5 Å². The third-order valence-electron chi connectivity index (χ3n) is 0.953. The van der Waals surface area contributed by atoms with Crippen molar-refractivity contribution in [1.29, 1.82) is 0 Å². The van der Waals surface area contributed by atoms with E-state index < -0.39 is 0 Å². The molecule has 0 saturated carbocycles. The van der Waals surface area contributed by atoms with Crippen LogP contribution in [0.4, 0.5) is 0 Å². The average Bonchev–Trinajstić information content (AvgIpc) is 2.05. The van der Waals surface area contributed by atoms with Crippen molar-refractivity contribution in [3.05, 3.63) is 35.9 Å². The van der Waals surface area contributed by atoms with Gasteiger partial charge in [0.2, 0.25) is 0 Å². The molecular weight excluding hydrogens is 114 g/mol. The molecule has 0 spiro atoms. The van der Waals surface area contributed by atoms with Gasteiger partial charge in [0.1, 0.15) is 0 Å². The molecule has 1 aromatic rings. The van der Waals surface area contributed by atoms with Crippen molar-refractivity contribution in [2.45, 2.75) is 0 Å². The van der Waals surface area contributed by atoms with Crippen LogP contribution in [-0.4, -0.2) is 11.4 Å². The minimum Gasteiger partial charge on any atom is -0.411 e. The topological polar surface area (TPSA) is 32.6 Å². The molecule has 0 bridgehead atoms. The molecule has 1 rings (SSSR count). The van der Waals surface area contributed by atoms with Crippen molar-refractivity contribution in [2.75, 3.05) is 0 Å². The Morgan fingerprint density at radius 1 is 1.44 bits per heavy atom. The van der Waals surface area contributed by atoms with Gasteiger partial charge in [-0.25, -0.2) is 0 Å². The van der Waals surface area contributed by atoms with Gasteiger partial charge in [0.15, 0.2) is 0 Å². The van der Waals surface area contributed by atoms with E-state index in [1.807, 2.05) is 6.07 Å². The van der Waals surface area contributed by atoms with Gasteiger partial charge in [-0.15, -0.1) is 0 Å². The van der Waals surface area contributed by atoms with Crippen LogP contribution in [0.2, 0.25) is 0 Å². The summed E-state index contributed by atoms with van der Waals surface area (Å²) >= 11 is 0. The average molecular weight is 122 g/mol. The second-order valence-electron chi connectivity index (χ2n) is 1.58. The number of oxime groups is 1. The van der Waals surface area contributed by atoms with Crippen molar-refractivity contribution in [2.24, 2.45) is 5.16 Å². The normalized spacial score (nSPS) is 12.9. The summed E-state index contributed by atoms with van der Waals surface area (Å²) in [6, 6.07) is 8.84. The lowest BCUT2D eigenvalue weighted by Gasteiger charge is -1.85. The molecule has 0 aliphatic heterocycles. The molecule has 1 N–H and O–H groups in total. The smallest absolute Gasteiger partial charge is 0.0882 e. The molecule has 0 aliphatic rings. The first kappa shape index (κ1) is 4.56. The lowest BCUT2D eigenvalue weighted by Crippen LogP contribution is -1.76. The highest BCUT2D eigenvalue weighted by Gasteiger charge is 1.79. The van der Waals surface area contributed by atoms with Crippen molar-refractivity contribution in [3.63, 3.8) is 0 Å². The van der Waals surface area contributed by atoms with Crippen LogP contribution in [-0.2, 0) is 0 Å². The van der Waals surface area contributed by atoms with Gasteiger partial charge in [-0.05, 0) is 5.56 Å². The van der Waals surface area contributed by atoms with E-state index in [2.05, 4.69) is 5.16 Å². The third kappa shape index (κ3) is 1.57. The maximum atomic E-state index is 8.19. The van der Waals surface area contributed by atoms with Crippen LogP contribution >= 0.6 is 0 Å². The maximum absolute atomic E-state index is 8.19. The Balaban J connectivity index is 2.96. The van der Waals surface area contributed by atoms with Crippen LogP contribution in [0.5, 0.6) is 0 Å². The highest BCUT2D eigenvalue weighted by atomic mass is 16.4. The Labute approximate surface area is 54.8 Å². The molecule has 0 heterocycles. The number of hydrogen-bond donors (Lipinski definition) is 1. The number of rotatable bonds is 1. The van der Waals surface area contributed by atoms with Crippen molar-refractivity contribution >= 4 is 6.19 Å². The fourth-order valence-electron chi connectivity index (χ4n) is 0.570. The van der Waals surface area contributed by atoms with E-state index in [0.29, 0.717) is 5.56 Å². The van der Waals surface area contributed by atoms with E-state index in [-0.39, 0.29) is 6.19 Å². The predicted molar refractivity (Wildman–Crippen MR) is 35.8 cm³/mol. The highest BCUT2D eigenvalue weighted by Crippen LogP contribution is 1.92. The zero-order valence-corrected chi connectivity index (χ0v) is 4.78. The molecule has 0 unspecified atom stereocenters. The van der Waals surface area contributed by atoms with Crippen LogP contribution in [0.1, 0.15) is 6.93 Å². The summed E-state index contributed by atoms with van der Waals surface area (Å²) in [4.78, 5) is 0. The zero-order valence-electron chi connectivity index (χ0n) is 5.78. The van der Waals surface area contributed by atoms with Crippen LogP contribution < -0.4 is 0 Å². The predicted octanol–water partition coefficient (Wildman–Crippen LogP) is 1.49. The lowest BCUT2D eigenvalue weighted by atomic mass is 10.2. The molecule has 0 fully saturated rings. The summed E-state index contributed by atoms with van der Waals surface area (Å²) < 4.78 is 7.06. The van der Waals surface area contributed by atoms with Gasteiger partial charge in [-0.2, -0.15) is 0 Å². The van der Waals surface area contributed by atoms with Gasteiger partial charge in [0.25, 0.3) is 0 Å². The minimum absolute atomic E-state index is 0.111. The third-order valence-corrected chi connectivity index (χ3v) is 0.953. The summed E-state index contributed by atoms with van der Waals surface area (Å²) in [5.74, 6) is 0. The Bertz CT molecular complexity index is 233. The molecule has 0 aromatic heterocycles. The van der Waals surface area contributed by atoms with E-state index in [0.717, 1.165) is 0 Å². The first-order chi connectivity index (χ1) is 4.84. The molecule has 2 heteroatoms. The molecule has 0 saturated heterocycles. The first-order valence-electron chi connectivity index (χ1n) is 3.08. The van der Waals surface area contributed by atoms with Crippen molar-refractivity contribution in [3.8, 4) is 0 Å². The summed E-state index contributed by atoms with van der Waals surface area (Å²) in [5.41, 5.74) is 0.616. The lowest BCUT2D eigenvalue weighted by molar-refractivity contribution is 0.322. The van der Waals surface area contributed by atoms with E-state index in [9.17, 15) is 0 Å². The maximum Gasteiger partial charge on any atom is 0.0882 e. The van der Waals surface area contributed by atoms with Gasteiger partial charge < -0.3 is 5.21 Å². The quantitative estimate of drug-likeness (QED) is 0.341. The van der Waals surface area contributed by atoms with Crippen LogP contribution in [0.3, 0.4) is 0 Å². The minimum atomic E-state index is -0.111. The summed E-state index contributed by atoms with van der Waals surface area (Å²) in [6.07, 6.45) is -0.111. The fraction of sp³-hybridized carbons (Fsp3) is 0. The molecule has 0 aliphatic carbocycles. The number of hydrogen-bond acceptors (Lipinski definition) is 2.